The summed E-state index contributed by atoms with van der Waals surface area (Å²) in [5, 5.41) is 8.62. The summed E-state index contributed by atoms with van der Waals surface area (Å²) >= 11 is 0. The first-order valence-corrected chi connectivity index (χ1v) is 8.20. The molecule has 2 saturated heterocycles. The van der Waals surface area contributed by atoms with Gasteiger partial charge in [0.2, 0.25) is 0 Å². The van der Waals surface area contributed by atoms with E-state index in [1.165, 1.54) is 25.8 Å². The summed E-state index contributed by atoms with van der Waals surface area (Å²) in [7, 11) is 2.29. The molecule has 0 N–H and O–H groups in total. The van der Waals surface area contributed by atoms with Crippen LogP contribution in [-0.2, 0) is 6.54 Å². The number of hydrogen-bond acceptors (Lipinski definition) is 4. The summed E-state index contributed by atoms with van der Waals surface area (Å²) in [4.78, 5) is 5.13. The van der Waals surface area contributed by atoms with Gasteiger partial charge in [-0.15, -0.1) is 5.10 Å². The van der Waals surface area contributed by atoms with Crippen molar-refractivity contribution in [3.05, 3.63) is 42.2 Å². The van der Waals surface area contributed by atoms with E-state index in [9.17, 15) is 0 Å². The molecule has 1 aromatic carbocycles. The predicted octanol–water partition coefficient (Wildman–Crippen LogP) is 1.94. The van der Waals surface area contributed by atoms with Gasteiger partial charge in [0.1, 0.15) is 0 Å². The van der Waals surface area contributed by atoms with Gasteiger partial charge in [0, 0.05) is 31.7 Å². The number of para-hydroxylation sites is 1. The molecule has 2 aliphatic rings. The quantitative estimate of drug-likeness (QED) is 0.867. The Kier molecular flexibility index (Phi) is 3.68. The molecule has 0 unspecified atom stereocenters. The highest BCUT2D eigenvalue weighted by Crippen LogP contribution is 2.28. The van der Waals surface area contributed by atoms with Gasteiger partial charge in [-0.05, 0) is 38.4 Å². The summed E-state index contributed by atoms with van der Waals surface area (Å²) in [6, 6.07) is 11.7. The number of rotatable bonds is 3. The van der Waals surface area contributed by atoms with E-state index in [-0.39, 0.29) is 0 Å². The van der Waals surface area contributed by atoms with Crippen molar-refractivity contribution in [1.29, 1.82) is 0 Å². The van der Waals surface area contributed by atoms with Gasteiger partial charge in [-0.3, -0.25) is 9.80 Å². The summed E-state index contributed by atoms with van der Waals surface area (Å²) < 4.78 is 1.87. The van der Waals surface area contributed by atoms with Crippen LogP contribution in [0, 0.1) is 0 Å². The van der Waals surface area contributed by atoms with E-state index in [0.717, 1.165) is 36.6 Å². The van der Waals surface area contributed by atoms with Crippen molar-refractivity contribution < 1.29 is 0 Å². The summed E-state index contributed by atoms with van der Waals surface area (Å²) in [6.07, 6.45) is 6.05. The van der Waals surface area contributed by atoms with Crippen molar-refractivity contribution in [2.75, 3.05) is 20.1 Å². The highest BCUT2D eigenvalue weighted by molar-refractivity contribution is 5.29. The molecule has 0 radical (unpaired) electrons. The number of likely N-dealkylation sites (N-methyl/N-ethyl adjacent to an activating group) is 1. The first-order valence-electron chi connectivity index (χ1n) is 8.20. The fourth-order valence-corrected chi connectivity index (χ4v) is 3.83. The van der Waals surface area contributed by atoms with Crippen LogP contribution in [0.4, 0.5) is 0 Å². The fourth-order valence-electron chi connectivity index (χ4n) is 3.83. The number of aromatic nitrogens is 3. The molecule has 3 heterocycles. The van der Waals surface area contributed by atoms with Gasteiger partial charge >= 0.3 is 0 Å². The molecule has 0 saturated carbocycles. The fraction of sp³-hybridized carbons (Fsp3) is 0.529. The molecule has 0 amide bonds. The lowest BCUT2D eigenvalue weighted by molar-refractivity contribution is 0.213. The van der Waals surface area contributed by atoms with E-state index in [1.54, 1.807) is 0 Å². The first-order chi connectivity index (χ1) is 10.8. The van der Waals surface area contributed by atoms with Gasteiger partial charge in [-0.1, -0.05) is 23.4 Å². The Hall–Kier alpha value is -1.72. The first kappa shape index (κ1) is 13.9. The van der Waals surface area contributed by atoms with Crippen molar-refractivity contribution in [2.24, 2.45) is 0 Å². The highest BCUT2D eigenvalue weighted by atomic mass is 15.4. The minimum atomic E-state index is 0.719. The molecule has 2 atom stereocenters. The van der Waals surface area contributed by atoms with Crippen LogP contribution in [0.25, 0.3) is 5.69 Å². The van der Waals surface area contributed by atoms with E-state index in [2.05, 4.69) is 45.5 Å². The lowest BCUT2D eigenvalue weighted by Gasteiger charge is -2.24. The van der Waals surface area contributed by atoms with Gasteiger partial charge in [0.25, 0.3) is 0 Å². The minimum Gasteiger partial charge on any atom is -0.299 e. The molecule has 2 aromatic rings. The number of likely N-dealkylation sites (tertiary alicyclic amines) is 1. The predicted molar refractivity (Wildman–Crippen MR) is 85.8 cm³/mol. The highest BCUT2D eigenvalue weighted by Gasteiger charge is 2.34. The average molecular weight is 297 g/mol. The molecule has 116 valence electrons. The molecule has 2 fully saturated rings. The Morgan fingerprint density at radius 3 is 2.77 bits per heavy atom. The van der Waals surface area contributed by atoms with Crippen LogP contribution < -0.4 is 0 Å². The molecule has 5 nitrogen and oxygen atoms in total. The van der Waals surface area contributed by atoms with Crippen LogP contribution in [0.3, 0.4) is 0 Å². The Morgan fingerprint density at radius 2 is 1.91 bits per heavy atom. The van der Waals surface area contributed by atoms with Crippen LogP contribution in [-0.4, -0.2) is 57.0 Å². The second-order valence-corrected chi connectivity index (χ2v) is 6.56. The molecule has 4 rings (SSSR count). The maximum Gasteiger partial charge on any atom is 0.0971 e. The number of nitrogens with zero attached hydrogens (tertiary/aromatic N) is 5. The lowest BCUT2D eigenvalue weighted by Crippen LogP contribution is -2.36. The zero-order chi connectivity index (χ0) is 14.9. The van der Waals surface area contributed by atoms with E-state index < -0.39 is 0 Å². The number of benzene rings is 1. The monoisotopic (exact) mass is 297 g/mol. The van der Waals surface area contributed by atoms with Crippen LogP contribution in [0.15, 0.2) is 36.5 Å². The van der Waals surface area contributed by atoms with Gasteiger partial charge in [0.05, 0.1) is 17.6 Å². The van der Waals surface area contributed by atoms with E-state index in [0.29, 0.717) is 0 Å². The maximum absolute atomic E-state index is 4.36. The van der Waals surface area contributed by atoms with E-state index in [1.807, 2.05) is 22.9 Å². The molecule has 2 aliphatic heterocycles. The molecule has 0 spiro atoms. The lowest BCUT2D eigenvalue weighted by atomic mass is 10.1. The molecule has 22 heavy (non-hydrogen) atoms. The molecule has 1 aromatic heterocycles. The third-order valence-corrected chi connectivity index (χ3v) is 5.18. The topological polar surface area (TPSA) is 37.2 Å². The van der Waals surface area contributed by atoms with Crippen molar-refractivity contribution in [1.82, 2.24) is 24.8 Å². The van der Waals surface area contributed by atoms with Crippen LogP contribution in [0.2, 0.25) is 0 Å². The summed E-state index contributed by atoms with van der Waals surface area (Å²) in [5.41, 5.74) is 2.13. The van der Waals surface area contributed by atoms with Crippen molar-refractivity contribution in [2.45, 2.75) is 37.9 Å². The third kappa shape index (κ3) is 2.66. The molecule has 5 heteroatoms. The Morgan fingerprint density at radius 1 is 1.09 bits per heavy atom. The number of hydrogen-bond donors (Lipinski definition) is 0. The van der Waals surface area contributed by atoms with Gasteiger partial charge in [-0.25, -0.2) is 4.68 Å². The van der Waals surface area contributed by atoms with Crippen molar-refractivity contribution >= 4 is 0 Å². The normalized spacial score (nSPS) is 26.2. The Balaban J connectivity index is 1.45. The second kappa shape index (κ2) is 5.82. The zero-order valence-electron chi connectivity index (χ0n) is 13.1. The molecular formula is C17H23N5. The van der Waals surface area contributed by atoms with Gasteiger partial charge in [0.15, 0.2) is 0 Å². The smallest absolute Gasteiger partial charge is 0.0971 e. The van der Waals surface area contributed by atoms with Gasteiger partial charge in [-0.2, -0.15) is 0 Å². The third-order valence-electron chi connectivity index (χ3n) is 5.18. The van der Waals surface area contributed by atoms with E-state index >= 15 is 0 Å². The Bertz CT molecular complexity index is 623. The van der Waals surface area contributed by atoms with Crippen LogP contribution in [0.5, 0.6) is 0 Å². The average Bonchev–Trinajstić information content (AvgIpc) is 3.08. The van der Waals surface area contributed by atoms with Crippen molar-refractivity contribution in [3.63, 3.8) is 0 Å². The molecular weight excluding hydrogens is 274 g/mol. The summed E-state index contributed by atoms with van der Waals surface area (Å²) in [5.74, 6) is 0. The minimum absolute atomic E-state index is 0.719. The van der Waals surface area contributed by atoms with Crippen molar-refractivity contribution in [3.8, 4) is 5.69 Å². The van der Waals surface area contributed by atoms with E-state index in [4.69, 9.17) is 0 Å². The SMILES string of the molecule is CN1[C@H]2CC[C@@H]1CN(Cc1cn(-c3ccccc3)nn1)CC2. The van der Waals surface area contributed by atoms with Crippen LogP contribution >= 0.6 is 0 Å². The summed E-state index contributed by atoms with van der Waals surface area (Å²) in [6.45, 7) is 3.23. The maximum atomic E-state index is 4.36. The zero-order valence-corrected chi connectivity index (χ0v) is 13.1. The second-order valence-electron chi connectivity index (χ2n) is 6.56. The van der Waals surface area contributed by atoms with Crippen LogP contribution in [0.1, 0.15) is 25.0 Å². The number of fused-ring (bicyclic) bond motifs is 2. The Labute approximate surface area is 131 Å². The largest absolute Gasteiger partial charge is 0.299 e. The molecule has 0 aliphatic carbocycles. The van der Waals surface area contributed by atoms with Gasteiger partial charge < -0.3 is 0 Å². The molecule has 2 bridgehead atoms. The standard InChI is InChI=1S/C17H23N5/c1-20-15-7-8-17(20)13-21(10-9-15)11-14-12-22(19-18-14)16-5-3-2-4-6-16/h2-6,12,15,17H,7-11,13H2,1H3/t15-,17+/m0/s1.